The van der Waals surface area contributed by atoms with E-state index in [4.69, 9.17) is 0 Å². The van der Waals surface area contributed by atoms with Crippen molar-refractivity contribution in [3.63, 3.8) is 0 Å². The number of imidazole rings is 1. The molecule has 1 aromatic carbocycles. The molecule has 0 saturated carbocycles. The van der Waals surface area contributed by atoms with Crippen LogP contribution in [0.3, 0.4) is 0 Å². The molecular weight excluding hydrogens is 268 g/mol. The molecule has 22 heavy (non-hydrogen) atoms. The molecule has 114 valence electrons. The van der Waals surface area contributed by atoms with Gasteiger partial charge in [0.15, 0.2) is 0 Å². The zero-order valence-corrected chi connectivity index (χ0v) is 13.4. The van der Waals surface area contributed by atoms with Crippen molar-refractivity contribution in [1.82, 2.24) is 9.97 Å². The minimum atomic E-state index is 0.140. The van der Waals surface area contributed by atoms with Gasteiger partial charge < -0.3 is 4.98 Å². The highest BCUT2D eigenvalue weighted by Gasteiger charge is 2.37. The van der Waals surface area contributed by atoms with Crippen LogP contribution >= 0.6 is 0 Å². The van der Waals surface area contributed by atoms with Crippen LogP contribution in [0.25, 0.3) is 0 Å². The second-order valence-corrected chi connectivity index (χ2v) is 6.44. The molecule has 0 radical (unpaired) electrons. The van der Waals surface area contributed by atoms with Crippen LogP contribution in [0.2, 0.25) is 0 Å². The number of hydrogen-bond acceptors (Lipinski definition) is 1. The molecule has 3 rings (SSSR count). The highest BCUT2D eigenvalue weighted by molar-refractivity contribution is 5.32. The maximum Gasteiger partial charge on any atom is 0.113 e. The van der Waals surface area contributed by atoms with Crippen LogP contribution in [0.4, 0.5) is 0 Å². The van der Waals surface area contributed by atoms with Gasteiger partial charge in [0, 0.05) is 23.7 Å². The minimum absolute atomic E-state index is 0.140. The van der Waals surface area contributed by atoms with Gasteiger partial charge in [-0.15, -0.1) is 0 Å². The van der Waals surface area contributed by atoms with Gasteiger partial charge >= 0.3 is 0 Å². The second kappa shape index (κ2) is 6.35. The fourth-order valence-corrected chi connectivity index (χ4v) is 3.46. The summed E-state index contributed by atoms with van der Waals surface area (Å²) in [5.74, 6) is 1.41. The largest absolute Gasteiger partial charge is 0.348 e. The van der Waals surface area contributed by atoms with Crippen LogP contribution in [0.5, 0.6) is 0 Å². The molecule has 0 aliphatic heterocycles. The summed E-state index contributed by atoms with van der Waals surface area (Å²) in [6.07, 6.45) is 14.0. The van der Waals surface area contributed by atoms with E-state index in [0.29, 0.717) is 5.92 Å². The van der Waals surface area contributed by atoms with E-state index in [1.807, 2.05) is 12.4 Å². The van der Waals surface area contributed by atoms with Crippen molar-refractivity contribution >= 4 is 0 Å². The topological polar surface area (TPSA) is 28.7 Å². The minimum Gasteiger partial charge on any atom is -0.348 e. The number of H-pyrrole nitrogens is 1. The fraction of sp³-hybridized carbons (Fsp3) is 0.350. The van der Waals surface area contributed by atoms with Crippen molar-refractivity contribution in [2.45, 2.75) is 39.0 Å². The molecule has 0 bridgehead atoms. The Kier molecular flexibility index (Phi) is 4.28. The van der Waals surface area contributed by atoms with Crippen molar-refractivity contribution in [2.75, 3.05) is 0 Å². The van der Waals surface area contributed by atoms with E-state index in [0.717, 1.165) is 12.2 Å². The van der Waals surface area contributed by atoms with E-state index in [-0.39, 0.29) is 5.41 Å². The Morgan fingerprint density at radius 3 is 2.77 bits per heavy atom. The van der Waals surface area contributed by atoms with Gasteiger partial charge in [0.05, 0.1) is 0 Å². The predicted molar refractivity (Wildman–Crippen MR) is 91.7 cm³/mol. The van der Waals surface area contributed by atoms with E-state index in [2.05, 4.69) is 72.4 Å². The van der Waals surface area contributed by atoms with Gasteiger partial charge in [-0.2, -0.15) is 0 Å². The van der Waals surface area contributed by atoms with Crippen molar-refractivity contribution in [3.8, 4) is 0 Å². The lowest BCUT2D eigenvalue weighted by molar-refractivity contribution is 0.305. The lowest BCUT2D eigenvalue weighted by Crippen LogP contribution is -2.28. The lowest BCUT2D eigenvalue weighted by Gasteiger charge is -2.38. The first kappa shape index (κ1) is 14.8. The summed E-state index contributed by atoms with van der Waals surface area (Å²) in [5, 5.41) is 0. The number of nitrogens with one attached hydrogen (secondary N) is 1. The molecule has 1 aliphatic carbocycles. The molecule has 1 heterocycles. The van der Waals surface area contributed by atoms with Crippen LogP contribution in [0, 0.1) is 5.41 Å². The zero-order chi connectivity index (χ0) is 15.4. The fourth-order valence-electron chi connectivity index (χ4n) is 3.46. The summed E-state index contributed by atoms with van der Waals surface area (Å²) in [7, 11) is 0. The van der Waals surface area contributed by atoms with E-state index in [1.165, 1.54) is 24.0 Å². The van der Waals surface area contributed by atoms with Crippen LogP contribution in [-0.2, 0) is 6.42 Å². The number of aromatic nitrogens is 2. The van der Waals surface area contributed by atoms with Crippen LogP contribution in [-0.4, -0.2) is 9.97 Å². The van der Waals surface area contributed by atoms with E-state index in [9.17, 15) is 0 Å². The smallest absolute Gasteiger partial charge is 0.113 e. The lowest BCUT2D eigenvalue weighted by atomic mass is 9.66. The predicted octanol–water partition coefficient (Wildman–Crippen LogP) is 5.04. The quantitative estimate of drug-likeness (QED) is 0.821. The highest BCUT2D eigenvalue weighted by atomic mass is 14.9. The van der Waals surface area contributed by atoms with Gasteiger partial charge in [0.1, 0.15) is 5.82 Å². The number of nitrogens with zero attached hydrogens (tertiary/aromatic N) is 1. The number of allylic oxidation sites excluding steroid dienone is 4. The zero-order valence-electron chi connectivity index (χ0n) is 13.4. The first-order chi connectivity index (χ1) is 10.7. The number of benzene rings is 1. The Balaban J connectivity index is 1.73. The molecule has 1 N–H and O–H groups in total. The van der Waals surface area contributed by atoms with E-state index < -0.39 is 0 Å². The third-order valence-corrected chi connectivity index (χ3v) is 5.06. The van der Waals surface area contributed by atoms with Crippen molar-refractivity contribution in [1.29, 1.82) is 0 Å². The number of hydrogen-bond donors (Lipinski definition) is 1. The Morgan fingerprint density at radius 2 is 2.05 bits per heavy atom. The first-order valence-electron chi connectivity index (χ1n) is 8.09. The Morgan fingerprint density at radius 1 is 1.23 bits per heavy atom. The summed E-state index contributed by atoms with van der Waals surface area (Å²) in [6.45, 7) is 4.63. The van der Waals surface area contributed by atoms with Gasteiger partial charge in [-0.3, -0.25) is 0 Å². The molecule has 0 saturated heterocycles. The maximum absolute atomic E-state index is 4.50. The second-order valence-electron chi connectivity index (χ2n) is 6.44. The Labute approximate surface area is 133 Å². The van der Waals surface area contributed by atoms with Gasteiger partial charge in [0.2, 0.25) is 0 Å². The monoisotopic (exact) mass is 292 g/mol. The average molecular weight is 292 g/mol. The molecule has 0 fully saturated rings. The standard InChI is InChI=1S/C20H24N2/c1-16-8-6-12-18(19-21-14-15-22-19)20(16,2)13-7-11-17-9-4-3-5-10-17/h3-6,8-10,12,14-15,18H,7,11,13H2,1-2H3,(H,21,22). The van der Waals surface area contributed by atoms with Crippen LogP contribution < -0.4 is 0 Å². The number of aryl methyl sites for hydroxylation is 1. The molecule has 2 aromatic rings. The van der Waals surface area contributed by atoms with Gasteiger partial charge in [-0.25, -0.2) is 4.98 Å². The Bertz CT molecular complexity index is 652. The molecule has 2 heteroatoms. The molecule has 0 amide bonds. The summed E-state index contributed by atoms with van der Waals surface area (Å²) in [4.78, 5) is 7.80. The number of aromatic amines is 1. The van der Waals surface area contributed by atoms with Crippen LogP contribution in [0.15, 0.2) is 66.5 Å². The molecule has 2 unspecified atom stereocenters. The van der Waals surface area contributed by atoms with Crippen molar-refractivity contribution < 1.29 is 0 Å². The highest BCUT2D eigenvalue weighted by Crippen LogP contribution is 2.47. The summed E-state index contributed by atoms with van der Waals surface area (Å²) in [6, 6.07) is 10.8. The molecule has 1 aliphatic rings. The van der Waals surface area contributed by atoms with Crippen molar-refractivity contribution in [3.05, 3.63) is 77.9 Å². The van der Waals surface area contributed by atoms with E-state index >= 15 is 0 Å². The number of rotatable bonds is 5. The van der Waals surface area contributed by atoms with Gasteiger partial charge in [0.25, 0.3) is 0 Å². The maximum atomic E-state index is 4.50. The van der Waals surface area contributed by atoms with Crippen molar-refractivity contribution in [2.24, 2.45) is 5.41 Å². The molecule has 2 atom stereocenters. The first-order valence-corrected chi connectivity index (χ1v) is 8.09. The molecular formula is C20H24N2. The summed E-state index contributed by atoms with van der Waals surface area (Å²) in [5.41, 5.74) is 3.01. The third kappa shape index (κ3) is 2.92. The van der Waals surface area contributed by atoms with E-state index in [1.54, 1.807) is 0 Å². The normalized spacial score (nSPS) is 24.3. The Hall–Kier alpha value is -2.09. The average Bonchev–Trinajstić information content (AvgIpc) is 3.05. The third-order valence-electron chi connectivity index (χ3n) is 5.06. The molecule has 1 aromatic heterocycles. The summed E-state index contributed by atoms with van der Waals surface area (Å²) >= 11 is 0. The van der Waals surface area contributed by atoms with Crippen LogP contribution in [0.1, 0.15) is 44.0 Å². The molecule has 0 spiro atoms. The molecule has 2 nitrogen and oxygen atoms in total. The van der Waals surface area contributed by atoms with Gasteiger partial charge in [-0.1, -0.05) is 61.1 Å². The van der Waals surface area contributed by atoms with Gasteiger partial charge in [-0.05, 0) is 31.7 Å². The SMILES string of the molecule is CC1=CC=CC(c2ncc[nH]2)C1(C)CCCc1ccccc1. The summed E-state index contributed by atoms with van der Waals surface area (Å²) < 4.78 is 0.